The van der Waals surface area contributed by atoms with Crippen LogP contribution >= 0.6 is 0 Å². The van der Waals surface area contributed by atoms with Gasteiger partial charge in [0.25, 0.3) is 0 Å². The summed E-state index contributed by atoms with van der Waals surface area (Å²) in [7, 11) is -2.56. The number of allylic oxidation sites excluding steroid dienone is 1. The monoisotopic (exact) mass is 372 g/mol. The molecular weight excluding hydrogens is 340 g/mol. The maximum Gasteiger partial charge on any atom is 0.194 e. The molecule has 0 amide bonds. The summed E-state index contributed by atoms with van der Waals surface area (Å²) in [5, 5.41) is 10.8. The van der Waals surface area contributed by atoms with E-state index < -0.39 is 14.4 Å². The van der Waals surface area contributed by atoms with Crippen LogP contribution in [0.4, 0.5) is 0 Å². The first kappa shape index (κ1) is 20.8. The Hall–Kier alpha value is -1.49. The van der Waals surface area contributed by atoms with Gasteiger partial charge < -0.3 is 9.90 Å². The first-order valence-electron chi connectivity index (χ1n) is 9.56. The third-order valence-electron chi connectivity index (χ3n) is 5.82. The molecule has 0 fully saturated rings. The van der Waals surface area contributed by atoms with Gasteiger partial charge in [0.15, 0.2) is 14.1 Å². The lowest BCUT2D eigenvalue weighted by Crippen LogP contribution is -2.43. The summed E-state index contributed by atoms with van der Waals surface area (Å²) in [6.07, 6.45) is 1.76. The predicted molar refractivity (Wildman–Crippen MR) is 110 cm³/mol. The van der Waals surface area contributed by atoms with Gasteiger partial charge >= 0.3 is 0 Å². The van der Waals surface area contributed by atoms with E-state index in [0.29, 0.717) is 24.5 Å². The summed E-state index contributed by atoms with van der Waals surface area (Å²) in [5.74, 6) is -0.0164. The van der Waals surface area contributed by atoms with Gasteiger partial charge in [0.05, 0.1) is 6.10 Å². The Morgan fingerprint density at radius 3 is 2.27 bits per heavy atom. The van der Waals surface area contributed by atoms with Gasteiger partial charge in [0.1, 0.15) is 0 Å². The first-order valence-corrected chi connectivity index (χ1v) is 11.9. The Balaban J connectivity index is 2.51. The van der Waals surface area contributed by atoms with Crippen molar-refractivity contribution in [2.24, 2.45) is 5.92 Å². The summed E-state index contributed by atoms with van der Waals surface area (Å²) in [6.45, 7) is 12.0. The lowest BCUT2D eigenvalue weighted by molar-refractivity contribution is -0.113. The minimum atomic E-state index is -2.56. The van der Waals surface area contributed by atoms with E-state index in [4.69, 9.17) is 0 Å². The van der Waals surface area contributed by atoms with E-state index in [9.17, 15) is 14.7 Å². The van der Waals surface area contributed by atoms with Crippen molar-refractivity contribution in [1.29, 1.82) is 0 Å². The molecule has 0 saturated heterocycles. The van der Waals surface area contributed by atoms with E-state index in [1.54, 1.807) is 6.08 Å². The highest BCUT2D eigenvalue weighted by Crippen LogP contribution is 2.45. The minimum absolute atomic E-state index is 0.0724. The van der Waals surface area contributed by atoms with Gasteiger partial charge in [-0.25, -0.2) is 0 Å². The zero-order chi connectivity index (χ0) is 19.5. The number of carbonyl (C=O) groups is 1. The van der Waals surface area contributed by atoms with Gasteiger partial charge in [0, 0.05) is 12.0 Å². The van der Waals surface area contributed by atoms with Crippen LogP contribution in [0.3, 0.4) is 0 Å². The van der Waals surface area contributed by atoms with Crippen molar-refractivity contribution < 1.29 is 14.7 Å². The van der Waals surface area contributed by atoms with Crippen LogP contribution in [0, 0.1) is 5.92 Å². The molecule has 0 heterocycles. The molecule has 0 saturated carbocycles. The van der Waals surface area contributed by atoms with Gasteiger partial charge in [-0.1, -0.05) is 64.1 Å². The molecule has 1 aliphatic carbocycles. The molecule has 1 unspecified atom stereocenters. The SMILES string of the molecule is C=CCC(O)C1=C(c2ccccc2)C(=O)C[C@H]1C[Si](O)(C(C)C)C(C)C. The van der Waals surface area contributed by atoms with Crippen LogP contribution < -0.4 is 0 Å². The molecule has 0 radical (unpaired) electrons. The van der Waals surface area contributed by atoms with Gasteiger partial charge in [-0.2, -0.15) is 0 Å². The highest BCUT2D eigenvalue weighted by atomic mass is 28.4. The van der Waals surface area contributed by atoms with Crippen LogP contribution in [0.1, 0.15) is 46.1 Å². The number of benzene rings is 1. The fourth-order valence-corrected chi connectivity index (χ4v) is 7.60. The van der Waals surface area contributed by atoms with Crippen molar-refractivity contribution in [2.75, 3.05) is 0 Å². The fourth-order valence-electron chi connectivity index (χ4n) is 4.17. The van der Waals surface area contributed by atoms with Crippen LogP contribution in [0.2, 0.25) is 17.1 Å². The standard InChI is InChI=1S/C22H32O3Si/c1-6-10-19(23)22-18(14-26(25,15(2)3)16(4)5)13-20(24)21(22)17-11-8-7-9-12-17/h6-9,11-12,15-16,18-19,23,25H,1,10,13-14H2,2-5H3/t18-,19?/m0/s1. The lowest BCUT2D eigenvalue weighted by Gasteiger charge is -2.36. The van der Waals surface area contributed by atoms with Crippen molar-refractivity contribution in [2.45, 2.75) is 63.8 Å². The molecule has 3 nitrogen and oxygen atoms in total. The Labute approximate surface area is 158 Å². The maximum absolute atomic E-state index is 12.9. The normalized spacial score (nSPS) is 19.5. The number of carbonyl (C=O) groups excluding carboxylic acids is 1. The Bertz CT molecular complexity index is 668. The zero-order valence-corrected chi connectivity index (χ0v) is 17.4. The highest BCUT2D eigenvalue weighted by Gasteiger charge is 2.45. The number of hydrogen-bond donors (Lipinski definition) is 2. The molecule has 0 bridgehead atoms. The lowest BCUT2D eigenvalue weighted by atomic mass is 9.92. The largest absolute Gasteiger partial charge is 0.431 e. The summed E-state index contributed by atoms with van der Waals surface area (Å²) in [5.41, 5.74) is 2.71. The van der Waals surface area contributed by atoms with E-state index >= 15 is 0 Å². The smallest absolute Gasteiger partial charge is 0.194 e. The summed E-state index contributed by atoms with van der Waals surface area (Å²) in [4.78, 5) is 24.3. The van der Waals surface area contributed by atoms with E-state index in [1.165, 1.54) is 0 Å². The molecule has 4 heteroatoms. The van der Waals surface area contributed by atoms with Crippen LogP contribution in [0.25, 0.3) is 5.57 Å². The number of rotatable bonds is 8. The Morgan fingerprint density at radius 1 is 1.19 bits per heavy atom. The van der Waals surface area contributed by atoms with E-state index in [2.05, 4.69) is 34.3 Å². The van der Waals surface area contributed by atoms with Crippen LogP contribution in [0.15, 0.2) is 48.6 Å². The maximum atomic E-state index is 12.9. The molecule has 142 valence electrons. The van der Waals surface area contributed by atoms with E-state index in [0.717, 1.165) is 11.1 Å². The molecule has 2 rings (SSSR count). The topological polar surface area (TPSA) is 57.5 Å². The number of aliphatic hydroxyl groups excluding tert-OH is 1. The van der Waals surface area contributed by atoms with Crippen LogP contribution in [-0.4, -0.2) is 30.1 Å². The Kier molecular flexibility index (Phi) is 6.78. The van der Waals surface area contributed by atoms with Gasteiger partial charge in [-0.05, 0) is 40.6 Å². The van der Waals surface area contributed by atoms with Crippen molar-refractivity contribution in [3.05, 3.63) is 54.1 Å². The van der Waals surface area contributed by atoms with Crippen molar-refractivity contribution in [3.63, 3.8) is 0 Å². The van der Waals surface area contributed by atoms with Gasteiger partial charge in [-0.15, -0.1) is 6.58 Å². The molecule has 2 atom stereocenters. The quantitative estimate of drug-likeness (QED) is 0.512. The highest BCUT2D eigenvalue weighted by molar-refractivity contribution is 6.75. The van der Waals surface area contributed by atoms with Gasteiger partial charge in [-0.3, -0.25) is 4.79 Å². The van der Waals surface area contributed by atoms with Crippen LogP contribution in [-0.2, 0) is 4.79 Å². The molecule has 0 aliphatic heterocycles. The molecule has 1 aromatic carbocycles. The zero-order valence-electron chi connectivity index (χ0n) is 16.4. The van der Waals surface area contributed by atoms with Gasteiger partial charge in [0.2, 0.25) is 0 Å². The second kappa shape index (κ2) is 8.46. The predicted octanol–water partition coefficient (Wildman–Crippen LogP) is 4.72. The van der Waals surface area contributed by atoms with E-state index in [-0.39, 0.29) is 22.8 Å². The second-order valence-electron chi connectivity index (χ2n) is 8.07. The summed E-state index contributed by atoms with van der Waals surface area (Å²) < 4.78 is 0. The molecule has 0 spiro atoms. The van der Waals surface area contributed by atoms with Crippen molar-refractivity contribution >= 4 is 19.7 Å². The number of aliphatic hydroxyl groups is 1. The van der Waals surface area contributed by atoms with E-state index in [1.807, 2.05) is 30.3 Å². The number of hydrogen-bond acceptors (Lipinski definition) is 3. The third-order valence-corrected chi connectivity index (χ3v) is 11.0. The molecule has 1 aromatic rings. The molecule has 0 aromatic heterocycles. The number of ketones is 1. The molecule has 26 heavy (non-hydrogen) atoms. The molecule has 2 N–H and O–H groups in total. The summed E-state index contributed by atoms with van der Waals surface area (Å²) in [6, 6.07) is 10.2. The summed E-state index contributed by atoms with van der Waals surface area (Å²) >= 11 is 0. The molecule has 1 aliphatic rings. The number of Topliss-reactive ketones (excluding diaryl/α,β-unsaturated/α-hetero) is 1. The Morgan fingerprint density at radius 2 is 1.77 bits per heavy atom. The first-order chi connectivity index (χ1) is 12.2. The molecular formula is C22H32O3Si. The van der Waals surface area contributed by atoms with Crippen LogP contribution in [0.5, 0.6) is 0 Å². The average molecular weight is 373 g/mol. The minimum Gasteiger partial charge on any atom is -0.431 e. The fraction of sp³-hybridized carbons (Fsp3) is 0.500. The second-order valence-corrected chi connectivity index (χ2v) is 12.8. The van der Waals surface area contributed by atoms with Crippen molar-refractivity contribution in [1.82, 2.24) is 0 Å². The average Bonchev–Trinajstić information content (AvgIpc) is 2.91. The van der Waals surface area contributed by atoms with Crippen molar-refractivity contribution in [3.8, 4) is 0 Å². The third kappa shape index (κ3) is 4.08.